The topological polar surface area (TPSA) is 36.9 Å². The summed E-state index contributed by atoms with van der Waals surface area (Å²) in [5, 5.41) is 0. The lowest BCUT2D eigenvalue weighted by Gasteiger charge is -2.40. The summed E-state index contributed by atoms with van der Waals surface area (Å²) in [6, 6.07) is 0. The predicted octanol–water partition coefficient (Wildman–Crippen LogP) is 0.902. The fourth-order valence-electron chi connectivity index (χ4n) is 1.58. The Morgan fingerprint density at radius 2 is 1.46 bits per heavy atom. The average Bonchev–Trinajstić information content (AvgIpc) is 2.20. The van der Waals surface area contributed by atoms with E-state index in [0.29, 0.717) is 0 Å². The molecule has 0 radical (unpaired) electrons. The molecule has 13 heavy (non-hydrogen) atoms. The molecule has 0 amide bonds. The zero-order valence-electron chi connectivity index (χ0n) is 7.95. The monoisotopic (exact) mass is 188 g/mol. The minimum atomic E-state index is -0.696. The highest BCUT2D eigenvalue weighted by atomic mass is 16.8. The minimum Gasteiger partial charge on any atom is -0.348 e. The summed E-state index contributed by atoms with van der Waals surface area (Å²) in [6.07, 6.45) is 1.54. The first-order valence-electron chi connectivity index (χ1n) is 4.82. The SMILES string of the molecule is CC1(C2OCCCO2)OCCCO1. The fraction of sp³-hybridized carbons (Fsp3) is 1.00. The molecule has 0 aromatic heterocycles. The molecule has 0 aliphatic carbocycles. The van der Waals surface area contributed by atoms with Crippen LogP contribution in [-0.2, 0) is 18.9 Å². The average molecular weight is 188 g/mol. The summed E-state index contributed by atoms with van der Waals surface area (Å²) in [5.41, 5.74) is 0. The summed E-state index contributed by atoms with van der Waals surface area (Å²) < 4.78 is 22.0. The zero-order valence-corrected chi connectivity index (χ0v) is 7.95. The van der Waals surface area contributed by atoms with Gasteiger partial charge in [-0.3, -0.25) is 0 Å². The van der Waals surface area contributed by atoms with E-state index in [1.54, 1.807) is 0 Å². The Bertz CT molecular complexity index is 159. The second kappa shape index (κ2) is 3.92. The van der Waals surface area contributed by atoms with Gasteiger partial charge in [-0.1, -0.05) is 0 Å². The van der Waals surface area contributed by atoms with E-state index >= 15 is 0 Å². The maximum absolute atomic E-state index is 5.53. The van der Waals surface area contributed by atoms with E-state index in [-0.39, 0.29) is 6.29 Å². The van der Waals surface area contributed by atoms with Gasteiger partial charge in [-0.05, 0) is 19.8 Å². The van der Waals surface area contributed by atoms with Crippen molar-refractivity contribution in [3.63, 3.8) is 0 Å². The van der Waals surface area contributed by atoms with Crippen LogP contribution in [0.25, 0.3) is 0 Å². The van der Waals surface area contributed by atoms with E-state index in [0.717, 1.165) is 39.3 Å². The van der Waals surface area contributed by atoms with E-state index in [2.05, 4.69) is 0 Å². The van der Waals surface area contributed by atoms with Crippen molar-refractivity contribution >= 4 is 0 Å². The molecule has 2 heterocycles. The molecule has 4 heteroatoms. The molecule has 76 valence electrons. The summed E-state index contributed by atoms with van der Waals surface area (Å²) >= 11 is 0. The third kappa shape index (κ3) is 2.02. The van der Waals surface area contributed by atoms with Crippen LogP contribution in [0.2, 0.25) is 0 Å². The van der Waals surface area contributed by atoms with Crippen LogP contribution in [0.1, 0.15) is 19.8 Å². The molecule has 0 atom stereocenters. The number of ether oxygens (including phenoxy) is 4. The van der Waals surface area contributed by atoms with Gasteiger partial charge in [0.05, 0.1) is 26.4 Å². The van der Waals surface area contributed by atoms with Crippen LogP contribution in [0.5, 0.6) is 0 Å². The predicted molar refractivity (Wildman–Crippen MR) is 45.2 cm³/mol. The largest absolute Gasteiger partial charge is 0.348 e. The van der Waals surface area contributed by atoms with Crippen LogP contribution in [0, 0.1) is 0 Å². The smallest absolute Gasteiger partial charge is 0.217 e. The molecular weight excluding hydrogens is 172 g/mol. The van der Waals surface area contributed by atoms with Gasteiger partial charge in [-0.2, -0.15) is 0 Å². The Morgan fingerprint density at radius 3 is 2.08 bits per heavy atom. The van der Waals surface area contributed by atoms with Crippen molar-refractivity contribution in [2.24, 2.45) is 0 Å². The fourth-order valence-corrected chi connectivity index (χ4v) is 1.58. The number of hydrogen-bond acceptors (Lipinski definition) is 4. The van der Waals surface area contributed by atoms with Crippen molar-refractivity contribution in [1.29, 1.82) is 0 Å². The van der Waals surface area contributed by atoms with Crippen molar-refractivity contribution < 1.29 is 18.9 Å². The zero-order chi connectivity index (χ0) is 9.15. The van der Waals surface area contributed by atoms with Crippen LogP contribution < -0.4 is 0 Å². The second-order valence-corrected chi connectivity index (χ2v) is 3.49. The van der Waals surface area contributed by atoms with Gasteiger partial charge in [0.2, 0.25) is 12.1 Å². The molecule has 0 unspecified atom stereocenters. The first-order valence-corrected chi connectivity index (χ1v) is 4.82. The van der Waals surface area contributed by atoms with Gasteiger partial charge in [-0.25, -0.2) is 0 Å². The molecule has 2 fully saturated rings. The summed E-state index contributed by atoms with van der Waals surface area (Å²) in [6.45, 7) is 4.78. The maximum Gasteiger partial charge on any atom is 0.217 e. The van der Waals surface area contributed by atoms with E-state index in [4.69, 9.17) is 18.9 Å². The van der Waals surface area contributed by atoms with Crippen molar-refractivity contribution in [3.8, 4) is 0 Å². The lowest BCUT2D eigenvalue weighted by atomic mass is 10.2. The van der Waals surface area contributed by atoms with Crippen LogP contribution in [0.4, 0.5) is 0 Å². The molecule has 0 aromatic rings. The first kappa shape index (κ1) is 9.40. The van der Waals surface area contributed by atoms with Crippen LogP contribution in [0.3, 0.4) is 0 Å². The second-order valence-electron chi connectivity index (χ2n) is 3.49. The lowest BCUT2D eigenvalue weighted by Crippen LogP contribution is -2.52. The standard InChI is InChI=1S/C9H16O4/c1-9(12-6-3-7-13-9)8-10-4-2-5-11-8/h8H,2-7H2,1H3. The van der Waals surface area contributed by atoms with Gasteiger partial charge >= 0.3 is 0 Å². The van der Waals surface area contributed by atoms with Crippen molar-refractivity contribution in [3.05, 3.63) is 0 Å². The van der Waals surface area contributed by atoms with Crippen molar-refractivity contribution in [2.75, 3.05) is 26.4 Å². The normalized spacial score (nSPS) is 30.2. The molecular formula is C9H16O4. The Morgan fingerprint density at radius 1 is 0.923 bits per heavy atom. The van der Waals surface area contributed by atoms with E-state index < -0.39 is 5.79 Å². The van der Waals surface area contributed by atoms with Crippen molar-refractivity contribution in [1.82, 2.24) is 0 Å². The summed E-state index contributed by atoms with van der Waals surface area (Å²) in [5.74, 6) is -0.696. The molecule has 4 nitrogen and oxygen atoms in total. The van der Waals surface area contributed by atoms with E-state index in [1.807, 2.05) is 6.92 Å². The Hall–Kier alpha value is -0.160. The summed E-state index contributed by atoms with van der Waals surface area (Å²) in [7, 11) is 0. The molecule has 0 bridgehead atoms. The van der Waals surface area contributed by atoms with Crippen LogP contribution in [0.15, 0.2) is 0 Å². The highest BCUT2D eigenvalue weighted by Gasteiger charge is 2.41. The van der Waals surface area contributed by atoms with Gasteiger partial charge in [-0.15, -0.1) is 0 Å². The van der Waals surface area contributed by atoms with Gasteiger partial charge in [0.15, 0.2) is 0 Å². The molecule has 2 saturated heterocycles. The van der Waals surface area contributed by atoms with Gasteiger partial charge in [0, 0.05) is 0 Å². The molecule has 0 aromatic carbocycles. The first-order chi connectivity index (χ1) is 6.31. The molecule has 0 spiro atoms. The van der Waals surface area contributed by atoms with Crippen molar-refractivity contribution in [2.45, 2.75) is 31.8 Å². The van der Waals surface area contributed by atoms with Gasteiger partial charge in [0.25, 0.3) is 0 Å². The Labute approximate surface area is 78.1 Å². The molecule has 0 N–H and O–H groups in total. The number of rotatable bonds is 1. The van der Waals surface area contributed by atoms with E-state index in [9.17, 15) is 0 Å². The molecule has 2 rings (SSSR count). The summed E-state index contributed by atoms with van der Waals surface area (Å²) in [4.78, 5) is 0. The molecule has 2 aliphatic rings. The Kier molecular flexibility index (Phi) is 2.83. The third-order valence-corrected chi connectivity index (χ3v) is 2.32. The quantitative estimate of drug-likeness (QED) is 0.612. The van der Waals surface area contributed by atoms with Gasteiger partial charge < -0.3 is 18.9 Å². The lowest BCUT2D eigenvalue weighted by molar-refractivity contribution is -0.371. The molecule has 2 aliphatic heterocycles. The maximum atomic E-state index is 5.53. The third-order valence-electron chi connectivity index (χ3n) is 2.32. The highest BCUT2D eigenvalue weighted by Crippen LogP contribution is 2.27. The number of hydrogen-bond donors (Lipinski definition) is 0. The minimum absolute atomic E-state index is 0.360. The van der Waals surface area contributed by atoms with Crippen LogP contribution >= 0.6 is 0 Å². The molecule has 0 saturated carbocycles. The van der Waals surface area contributed by atoms with Crippen LogP contribution in [-0.4, -0.2) is 38.5 Å². The van der Waals surface area contributed by atoms with Gasteiger partial charge in [0.1, 0.15) is 0 Å². The Balaban J connectivity index is 1.94. The highest BCUT2D eigenvalue weighted by molar-refractivity contribution is 4.73. The van der Waals surface area contributed by atoms with E-state index in [1.165, 1.54) is 0 Å².